The second kappa shape index (κ2) is 4.62. The van der Waals surface area contributed by atoms with Gasteiger partial charge in [-0.25, -0.2) is 9.59 Å². The van der Waals surface area contributed by atoms with E-state index in [-0.39, 0.29) is 0 Å². The second-order valence-electron chi connectivity index (χ2n) is 2.83. The summed E-state index contributed by atoms with van der Waals surface area (Å²) >= 11 is 5.30. The normalized spacial score (nSPS) is 11.1. The molecule has 0 bridgehead atoms. The first-order valence-electron chi connectivity index (χ1n) is 4.03. The van der Waals surface area contributed by atoms with Crippen LogP contribution in [0.15, 0.2) is 18.2 Å². The summed E-state index contributed by atoms with van der Waals surface area (Å²) in [7, 11) is 0. The Bertz CT molecular complexity index is 470. The molecule has 0 heterocycles. The van der Waals surface area contributed by atoms with Gasteiger partial charge in [0.15, 0.2) is 0 Å². The van der Waals surface area contributed by atoms with Crippen molar-refractivity contribution >= 4 is 23.5 Å². The van der Waals surface area contributed by atoms with Gasteiger partial charge in [0.25, 0.3) is 0 Å². The minimum absolute atomic E-state index is 0.448. The molecule has 1 N–H and O–H groups in total. The van der Waals surface area contributed by atoms with E-state index in [4.69, 9.17) is 16.7 Å². The van der Waals surface area contributed by atoms with Crippen molar-refractivity contribution in [2.75, 3.05) is 0 Å². The SMILES string of the molecule is O=C(O)C(=O)Oc1ccc(Cl)c(C(F)(F)F)c1. The second-order valence-corrected chi connectivity index (χ2v) is 3.24. The summed E-state index contributed by atoms with van der Waals surface area (Å²) in [6, 6.07) is 2.26. The van der Waals surface area contributed by atoms with Crippen molar-refractivity contribution in [3.63, 3.8) is 0 Å². The zero-order chi connectivity index (χ0) is 13.2. The zero-order valence-electron chi connectivity index (χ0n) is 7.92. The van der Waals surface area contributed by atoms with Crippen molar-refractivity contribution in [3.8, 4) is 5.75 Å². The minimum atomic E-state index is -4.72. The molecule has 0 radical (unpaired) electrons. The van der Waals surface area contributed by atoms with Crippen molar-refractivity contribution in [3.05, 3.63) is 28.8 Å². The van der Waals surface area contributed by atoms with Crippen LogP contribution in [-0.2, 0) is 15.8 Å². The Morgan fingerprint density at radius 3 is 2.35 bits per heavy atom. The van der Waals surface area contributed by atoms with Gasteiger partial charge in [0.1, 0.15) is 5.75 Å². The molecule has 1 aromatic rings. The van der Waals surface area contributed by atoms with Gasteiger partial charge in [0.2, 0.25) is 0 Å². The van der Waals surface area contributed by atoms with Crippen LogP contribution in [0.2, 0.25) is 5.02 Å². The Labute approximate surface area is 97.6 Å². The number of alkyl halides is 3. The van der Waals surface area contributed by atoms with Crippen LogP contribution in [0.5, 0.6) is 5.75 Å². The highest BCUT2D eigenvalue weighted by molar-refractivity contribution is 6.31. The number of carboxylic acid groups (broad SMARTS) is 1. The maximum Gasteiger partial charge on any atom is 0.422 e. The molecule has 0 amide bonds. The van der Waals surface area contributed by atoms with Crippen LogP contribution in [0, 0.1) is 0 Å². The molecule has 0 fully saturated rings. The molecule has 1 rings (SSSR count). The van der Waals surface area contributed by atoms with Crippen molar-refractivity contribution < 1.29 is 32.6 Å². The van der Waals surface area contributed by atoms with Crippen LogP contribution >= 0.6 is 11.6 Å². The maximum absolute atomic E-state index is 12.4. The van der Waals surface area contributed by atoms with Crippen LogP contribution in [0.3, 0.4) is 0 Å². The molecule has 4 nitrogen and oxygen atoms in total. The number of carbonyl (C=O) groups is 2. The van der Waals surface area contributed by atoms with Crippen molar-refractivity contribution in [2.24, 2.45) is 0 Å². The first-order valence-corrected chi connectivity index (χ1v) is 4.41. The predicted molar refractivity (Wildman–Crippen MR) is 49.7 cm³/mol. The Morgan fingerprint density at radius 2 is 1.88 bits per heavy atom. The van der Waals surface area contributed by atoms with Crippen LogP contribution in [-0.4, -0.2) is 17.0 Å². The highest BCUT2D eigenvalue weighted by Crippen LogP contribution is 2.36. The van der Waals surface area contributed by atoms with Gasteiger partial charge in [-0.15, -0.1) is 0 Å². The van der Waals surface area contributed by atoms with Crippen molar-refractivity contribution in [2.45, 2.75) is 6.18 Å². The molecular weight excluding hydrogens is 265 g/mol. The van der Waals surface area contributed by atoms with Gasteiger partial charge in [-0.05, 0) is 18.2 Å². The number of benzene rings is 1. The molecule has 0 spiro atoms. The Morgan fingerprint density at radius 1 is 1.29 bits per heavy atom. The van der Waals surface area contributed by atoms with E-state index >= 15 is 0 Å². The van der Waals surface area contributed by atoms with Gasteiger partial charge in [-0.1, -0.05) is 11.6 Å². The average Bonchev–Trinajstić information content (AvgIpc) is 2.19. The lowest BCUT2D eigenvalue weighted by atomic mass is 10.2. The van der Waals surface area contributed by atoms with Gasteiger partial charge >= 0.3 is 18.1 Å². The Balaban J connectivity index is 3.05. The topological polar surface area (TPSA) is 63.6 Å². The largest absolute Gasteiger partial charge is 0.473 e. The highest BCUT2D eigenvalue weighted by Gasteiger charge is 2.33. The molecule has 1 aromatic carbocycles. The monoisotopic (exact) mass is 268 g/mol. The summed E-state index contributed by atoms with van der Waals surface area (Å²) in [4.78, 5) is 20.8. The average molecular weight is 269 g/mol. The van der Waals surface area contributed by atoms with E-state index in [1.54, 1.807) is 0 Å². The van der Waals surface area contributed by atoms with Crippen molar-refractivity contribution in [1.29, 1.82) is 0 Å². The third-order valence-electron chi connectivity index (χ3n) is 1.63. The number of carboxylic acids is 1. The summed E-state index contributed by atoms with van der Waals surface area (Å²) < 4.78 is 41.3. The summed E-state index contributed by atoms with van der Waals surface area (Å²) in [6.45, 7) is 0. The lowest BCUT2D eigenvalue weighted by Gasteiger charge is -2.10. The summed E-state index contributed by atoms with van der Waals surface area (Å²) in [5.41, 5.74) is -1.21. The van der Waals surface area contributed by atoms with Crippen LogP contribution in [0.4, 0.5) is 13.2 Å². The summed E-state index contributed by atoms with van der Waals surface area (Å²) in [5.74, 6) is -4.14. The molecule has 0 saturated carbocycles. The van der Waals surface area contributed by atoms with Crippen LogP contribution < -0.4 is 4.74 Å². The lowest BCUT2D eigenvalue weighted by Crippen LogP contribution is -2.19. The molecule has 0 unspecified atom stereocenters. The van der Waals surface area contributed by atoms with E-state index in [9.17, 15) is 22.8 Å². The fourth-order valence-corrected chi connectivity index (χ4v) is 1.16. The predicted octanol–water partition coefficient (Wildman–Crippen LogP) is 2.35. The molecule has 0 aliphatic carbocycles. The fourth-order valence-electron chi connectivity index (χ4n) is 0.936. The van der Waals surface area contributed by atoms with E-state index in [0.29, 0.717) is 6.07 Å². The maximum atomic E-state index is 12.4. The smallest absolute Gasteiger partial charge is 0.422 e. The van der Waals surface area contributed by atoms with E-state index in [1.807, 2.05) is 0 Å². The van der Waals surface area contributed by atoms with E-state index in [1.165, 1.54) is 0 Å². The number of hydrogen-bond donors (Lipinski definition) is 1. The number of aliphatic carboxylic acids is 1. The van der Waals surface area contributed by atoms with E-state index in [0.717, 1.165) is 12.1 Å². The molecule has 8 heteroatoms. The van der Waals surface area contributed by atoms with Crippen molar-refractivity contribution in [1.82, 2.24) is 0 Å². The summed E-state index contributed by atoms with van der Waals surface area (Å²) in [5, 5.41) is 7.63. The third-order valence-corrected chi connectivity index (χ3v) is 1.96. The molecule has 92 valence electrons. The van der Waals surface area contributed by atoms with Gasteiger partial charge in [-0.2, -0.15) is 13.2 Å². The van der Waals surface area contributed by atoms with Crippen LogP contribution in [0.1, 0.15) is 5.56 Å². The van der Waals surface area contributed by atoms with Crippen LogP contribution in [0.25, 0.3) is 0 Å². The molecule has 0 aliphatic rings. The first kappa shape index (κ1) is 13.3. The summed E-state index contributed by atoms with van der Waals surface area (Å²) in [6.07, 6.45) is -4.72. The van der Waals surface area contributed by atoms with Gasteiger partial charge in [0.05, 0.1) is 10.6 Å². The Hall–Kier alpha value is -1.76. The minimum Gasteiger partial charge on any atom is -0.473 e. The molecule has 0 atom stereocenters. The molecule has 0 aromatic heterocycles. The lowest BCUT2D eigenvalue weighted by molar-refractivity contribution is -0.158. The third kappa shape index (κ3) is 3.35. The standard InChI is InChI=1S/C9H4ClF3O4/c10-6-2-1-4(17-8(16)7(14)15)3-5(6)9(11,12)13/h1-3H,(H,14,15). The molecule has 17 heavy (non-hydrogen) atoms. The number of carbonyl (C=O) groups excluding carboxylic acids is 1. The zero-order valence-corrected chi connectivity index (χ0v) is 8.67. The fraction of sp³-hybridized carbons (Fsp3) is 0.111. The first-order chi connectivity index (χ1) is 7.71. The van der Waals surface area contributed by atoms with Gasteiger partial charge in [-0.3, -0.25) is 0 Å². The van der Waals surface area contributed by atoms with E-state index in [2.05, 4.69) is 4.74 Å². The molecule has 0 saturated heterocycles. The van der Waals surface area contributed by atoms with E-state index < -0.39 is 34.5 Å². The number of hydrogen-bond acceptors (Lipinski definition) is 3. The quantitative estimate of drug-likeness (QED) is 0.482. The number of halogens is 4. The number of ether oxygens (including phenoxy) is 1. The number of rotatable bonds is 1. The number of esters is 1. The highest BCUT2D eigenvalue weighted by atomic mass is 35.5. The molecule has 0 aliphatic heterocycles. The van der Waals surface area contributed by atoms with Gasteiger partial charge in [0, 0.05) is 0 Å². The Kier molecular flexibility index (Phi) is 3.62. The molecular formula is C9H4ClF3O4. The van der Waals surface area contributed by atoms with Gasteiger partial charge < -0.3 is 9.84 Å².